The Morgan fingerprint density at radius 3 is 2.82 bits per heavy atom. The summed E-state index contributed by atoms with van der Waals surface area (Å²) in [6, 6.07) is 12.5. The molecule has 4 heterocycles. The number of H-pyrrole nitrogens is 1. The van der Waals surface area contributed by atoms with Crippen LogP contribution in [0.1, 0.15) is 48.8 Å². The van der Waals surface area contributed by atoms with Gasteiger partial charge in [0.1, 0.15) is 16.5 Å². The van der Waals surface area contributed by atoms with Crippen molar-refractivity contribution < 1.29 is 4.79 Å². The number of aryl methyl sites for hydroxylation is 1. The van der Waals surface area contributed by atoms with E-state index in [2.05, 4.69) is 42.9 Å². The molecule has 0 spiro atoms. The number of nitrogens with zero attached hydrogens (tertiary/aromatic N) is 4. The van der Waals surface area contributed by atoms with Gasteiger partial charge in [0, 0.05) is 17.5 Å². The van der Waals surface area contributed by atoms with Gasteiger partial charge in [0.2, 0.25) is 0 Å². The molecule has 6 rings (SSSR count). The summed E-state index contributed by atoms with van der Waals surface area (Å²) in [5, 5.41) is 17.3. The van der Waals surface area contributed by atoms with Gasteiger partial charge in [-0.15, -0.1) is 11.3 Å². The van der Waals surface area contributed by atoms with Gasteiger partial charge in [-0.3, -0.25) is 5.10 Å². The van der Waals surface area contributed by atoms with E-state index in [1.807, 2.05) is 55.3 Å². The van der Waals surface area contributed by atoms with E-state index >= 15 is 0 Å². The van der Waals surface area contributed by atoms with Crippen molar-refractivity contribution in [3.05, 3.63) is 64.4 Å². The van der Waals surface area contributed by atoms with Crippen molar-refractivity contribution in [3.8, 4) is 0 Å². The van der Waals surface area contributed by atoms with Gasteiger partial charge < -0.3 is 15.5 Å². The van der Waals surface area contributed by atoms with E-state index < -0.39 is 5.54 Å². The highest BCUT2D eigenvalue weighted by Gasteiger charge is 2.46. The van der Waals surface area contributed by atoms with Crippen LogP contribution in [0.15, 0.2) is 41.8 Å². The van der Waals surface area contributed by atoms with Crippen LogP contribution in [0.25, 0.3) is 10.2 Å². The summed E-state index contributed by atoms with van der Waals surface area (Å²) in [7, 11) is 0. The Morgan fingerprint density at radius 2 is 2.00 bits per heavy atom. The molecule has 2 aliphatic rings. The molecule has 4 aromatic rings. The van der Waals surface area contributed by atoms with Crippen molar-refractivity contribution in [1.82, 2.24) is 30.4 Å². The number of rotatable bonds is 4. The monoisotopic (exact) mass is 459 g/mol. The predicted octanol–water partition coefficient (Wildman–Crippen LogP) is 4.78. The second-order valence-electron chi connectivity index (χ2n) is 9.26. The van der Waals surface area contributed by atoms with Crippen LogP contribution in [0.2, 0.25) is 0 Å². The van der Waals surface area contributed by atoms with E-state index in [1.165, 1.54) is 5.56 Å². The van der Waals surface area contributed by atoms with E-state index in [0.717, 1.165) is 33.7 Å². The highest BCUT2D eigenvalue weighted by atomic mass is 32.1. The smallest absolute Gasteiger partial charge is 0.318 e. The van der Waals surface area contributed by atoms with E-state index in [9.17, 15) is 4.79 Å². The number of amides is 2. The third-order valence-electron chi connectivity index (χ3n) is 6.72. The molecule has 2 atom stereocenters. The van der Waals surface area contributed by atoms with Crippen LogP contribution in [0, 0.1) is 6.92 Å². The van der Waals surface area contributed by atoms with Crippen molar-refractivity contribution >= 4 is 39.2 Å². The zero-order valence-electron chi connectivity index (χ0n) is 18.7. The maximum atomic E-state index is 13.2. The summed E-state index contributed by atoms with van der Waals surface area (Å²) in [5.74, 6) is 2.54. The normalized spacial score (nSPS) is 20.6. The second-order valence-corrected chi connectivity index (χ2v) is 10.2. The summed E-state index contributed by atoms with van der Waals surface area (Å²) in [5.41, 5.74) is 2.72. The van der Waals surface area contributed by atoms with Crippen LogP contribution >= 0.6 is 11.3 Å². The van der Waals surface area contributed by atoms with E-state index in [1.54, 1.807) is 11.3 Å². The van der Waals surface area contributed by atoms with Gasteiger partial charge >= 0.3 is 6.03 Å². The molecule has 0 saturated heterocycles. The Kier molecular flexibility index (Phi) is 4.45. The van der Waals surface area contributed by atoms with Gasteiger partial charge in [0.15, 0.2) is 5.82 Å². The van der Waals surface area contributed by atoms with Gasteiger partial charge in [-0.1, -0.05) is 30.3 Å². The molecule has 1 aliphatic carbocycles. The predicted molar refractivity (Wildman–Crippen MR) is 129 cm³/mol. The van der Waals surface area contributed by atoms with Crippen LogP contribution in [0.4, 0.5) is 16.4 Å². The summed E-state index contributed by atoms with van der Waals surface area (Å²) in [4.78, 5) is 25.2. The minimum Gasteiger partial charge on any atom is -0.335 e. The lowest BCUT2D eigenvalue weighted by atomic mass is 10.0. The average Bonchev–Trinajstić information content (AvgIpc) is 3.09. The fourth-order valence-corrected chi connectivity index (χ4v) is 5.58. The molecule has 0 radical (unpaired) electrons. The largest absolute Gasteiger partial charge is 0.335 e. The first-order chi connectivity index (χ1) is 15.9. The standard InChI is InChI=1S/C24H25N7OS/c1-13-25-20(15-9-10-33-22(15)26-13)28-21-17-12-31(24(2,3)19(17)29-30-21)23(32)27-18-11-16(18)14-7-5-4-6-8-14/h4-10,16,18H,11-12H2,1-3H3,(H,27,32)(H2,25,26,28,29,30)/t16-,18+/m1/s1. The summed E-state index contributed by atoms with van der Waals surface area (Å²) < 4.78 is 0. The Bertz CT molecular complexity index is 1360. The minimum absolute atomic E-state index is 0.0444. The zero-order chi connectivity index (χ0) is 22.7. The number of thiophene rings is 1. The maximum Gasteiger partial charge on any atom is 0.318 e. The number of aromatic amines is 1. The van der Waals surface area contributed by atoms with Crippen LogP contribution in [0.3, 0.4) is 0 Å². The molecule has 1 saturated carbocycles. The number of anilines is 2. The zero-order valence-corrected chi connectivity index (χ0v) is 19.5. The molecule has 33 heavy (non-hydrogen) atoms. The molecule has 168 valence electrons. The summed E-state index contributed by atoms with van der Waals surface area (Å²) >= 11 is 1.59. The fourth-order valence-electron chi connectivity index (χ4n) is 4.77. The van der Waals surface area contributed by atoms with Crippen molar-refractivity contribution in [2.24, 2.45) is 0 Å². The van der Waals surface area contributed by atoms with Gasteiger partial charge in [-0.25, -0.2) is 14.8 Å². The highest BCUT2D eigenvalue weighted by molar-refractivity contribution is 7.16. The quantitative estimate of drug-likeness (QED) is 0.408. The van der Waals surface area contributed by atoms with Crippen molar-refractivity contribution in [1.29, 1.82) is 0 Å². The van der Waals surface area contributed by atoms with Crippen molar-refractivity contribution in [2.75, 3.05) is 5.32 Å². The number of fused-ring (bicyclic) bond motifs is 2. The first-order valence-corrected chi connectivity index (χ1v) is 12.0. The topological polar surface area (TPSA) is 98.8 Å². The number of hydrogen-bond acceptors (Lipinski definition) is 6. The Balaban J connectivity index is 1.21. The van der Waals surface area contributed by atoms with Gasteiger partial charge in [0.25, 0.3) is 0 Å². The molecule has 9 heteroatoms. The molecular formula is C24H25N7OS. The Morgan fingerprint density at radius 1 is 1.18 bits per heavy atom. The highest BCUT2D eigenvalue weighted by Crippen LogP contribution is 2.44. The van der Waals surface area contributed by atoms with Crippen LogP contribution < -0.4 is 10.6 Å². The van der Waals surface area contributed by atoms with E-state index in [-0.39, 0.29) is 12.1 Å². The number of benzene rings is 1. The lowest BCUT2D eigenvalue weighted by molar-refractivity contribution is 0.142. The Labute approximate surface area is 195 Å². The fraction of sp³-hybridized carbons (Fsp3) is 0.333. The minimum atomic E-state index is -0.497. The SMILES string of the molecule is Cc1nc(Nc2n[nH]c3c2CN(C(=O)N[C@H]2C[C@@H]2c2ccccc2)C3(C)C)c2ccsc2n1. The molecular weight excluding hydrogens is 434 g/mol. The van der Waals surface area contributed by atoms with Gasteiger partial charge in [-0.05, 0) is 44.2 Å². The van der Waals surface area contributed by atoms with E-state index in [4.69, 9.17) is 0 Å². The third-order valence-corrected chi connectivity index (χ3v) is 7.52. The van der Waals surface area contributed by atoms with Crippen molar-refractivity contribution in [2.45, 2.75) is 51.2 Å². The molecule has 2 amide bonds. The molecule has 3 N–H and O–H groups in total. The number of nitrogens with one attached hydrogen (secondary N) is 3. The maximum absolute atomic E-state index is 13.2. The van der Waals surface area contributed by atoms with Gasteiger partial charge in [-0.2, -0.15) is 5.10 Å². The molecule has 1 aromatic carbocycles. The summed E-state index contributed by atoms with van der Waals surface area (Å²) in [6.07, 6.45) is 0.980. The van der Waals surface area contributed by atoms with Crippen LogP contribution in [-0.4, -0.2) is 37.1 Å². The van der Waals surface area contributed by atoms with E-state index in [0.29, 0.717) is 24.1 Å². The second kappa shape index (κ2) is 7.28. The number of carbonyl (C=O) groups is 1. The molecule has 0 unspecified atom stereocenters. The lowest BCUT2D eigenvalue weighted by Crippen LogP contribution is -2.47. The molecule has 3 aromatic heterocycles. The number of aromatic nitrogens is 4. The molecule has 1 aliphatic heterocycles. The third kappa shape index (κ3) is 3.34. The molecule has 1 fully saturated rings. The number of carbonyl (C=O) groups excluding carboxylic acids is 1. The first kappa shape index (κ1) is 20.2. The van der Waals surface area contributed by atoms with Crippen LogP contribution in [0.5, 0.6) is 0 Å². The first-order valence-electron chi connectivity index (χ1n) is 11.1. The Hall–Kier alpha value is -3.46. The lowest BCUT2D eigenvalue weighted by Gasteiger charge is -2.32. The number of urea groups is 1. The van der Waals surface area contributed by atoms with Gasteiger partial charge in [0.05, 0.1) is 23.2 Å². The summed E-state index contributed by atoms with van der Waals surface area (Å²) in [6.45, 7) is 6.46. The number of hydrogen-bond donors (Lipinski definition) is 3. The van der Waals surface area contributed by atoms with Crippen molar-refractivity contribution in [3.63, 3.8) is 0 Å². The average molecular weight is 460 g/mol. The molecule has 0 bridgehead atoms. The molecule has 8 nitrogen and oxygen atoms in total. The van der Waals surface area contributed by atoms with Crippen LogP contribution in [-0.2, 0) is 12.1 Å².